The van der Waals surface area contributed by atoms with E-state index in [-0.39, 0.29) is 12.5 Å². The molecule has 0 bridgehead atoms. The lowest BCUT2D eigenvalue weighted by Crippen LogP contribution is -2.43. The van der Waals surface area contributed by atoms with Crippen molar-refractivity contribution in [2.45, 2.75) is 19.4 Å². The van der Waals surface area contributed by atoms with Gasteiger partial charge in [-0.15, -0.1) is 0 Å². The highest BCUT2D eigenvalue weighted by Crippen LogP contribution is 2.26. The van der Waals surface area contributed by atoms with Crippen LogP contribution in [0.3, 0.4) is 0 Å². The van der Waals surface area contributed by atoms with Crippen molar-refractivity contribution in [1.82, 2.24) is 4.90 Å². The minimum absolute atomic E-state index is 0.210. The third-order valence-corrected chi connectivity index (χ3v) is 3.40. The number of aliphatic carboxylic acids is 1. The molecule has 0 spiro atoms. The van der Waals surface area contributed by atoms with Crippen LogP contribution in [-0.4, -0.2) is 34.5 Å². The fourth-order valence-corrected chi connectivity index (χ4v) is 2.38. The lowest BCUT2D eigenvalue weighted by atomic mass is 10.0. The van der Waals surface area contributed by atoms with Gasteiger partial charge < -0.3 is 10.0 Å². The number of benzene rings is 1. The first-order valence-corrected chi connectivity index (χ1v) is 5.91. The molecule has 0 aromatic heterocycles. The molecular weight excluding hydrogens is 256 g/mol. The Morgan fingerprint density at radius 1 is 1.37 bits per heavy atom. The first-order valence-electron chi connectivity index (χ1n) is 5.91. The van der Waals surface area contributed by atoms with Crippen molar-refractivity contribution < 1.29 is 23.5 Å². The van der Waals surface area contributed by atoms with Gasteiger partial charge >= 0.3 is 5.97 Å². The van der Waals surface area contributed by atoms with E-state index >= 15 is 0 Å². The van der Waals surface area contributed by atoms with Gasteiger partial charge in [0, 0.05) is 6.54 Å². The molecule has 1 aliphatic rings. The van der Waals surface area contributed by atoms with Gasteiger partial charge in [0.2, 0.25) is 0 Å². The second kappa shape index (κ2) is 4.95. The van der Waals surface area contributed by atoms with E-state index in [1.54, 1.807) is 6.92 Å². The zero-order valence-electron chi connectivity index (χ0n) is 10.3. The van der Waals surface area contributed by atoms with Gasteiger partial charge in [0.25, 0.3) is 5.91 Å². The van der Waals surface area contributed by atoms with Crippen LogP contribution in [0.25, 0.3) is 0 Å². The van der Waals surface area contributed by atoms with Crippen LogP contribution in [-0.2, 0) is 4.79 Å². The Morgan fingerprint density at radius 2 is 2.05 bits per heavy atom. The largest absolute Gasteiger partial charge is 0.480 e. The molecule has 2 atom stereocenters. The molecule has 1 N–H and O–H groups in total. The number of amides is 1. The van der Waals surface area contributed by atoms with Crippen LogP contribution in [0.15, 0.2) is 18.2 Å². The van der Waals surface area contributed by atoms with Crippen LogP contribution in [0, 0.1) is 17.6 Å². The summed E-state index contributed by atoms with van der Waals surface area (Å²) in [5.41, 5.74) is -0.430. The topological polar surface area (TPSA) is 57.6 Å². The van der Waals surface area contributed by atoms with E-state index in [1.807, 2.05) is 0 Å². The molecule has 1 heterocycles. The second-order valence-corrected chi connectivity index (χ2v) is 4.65. The fourth-order valence-electron chi connectivity index (χ4n) is 2.38. The maximum Gasteiger partial charge on any atom is 0.326 e. The third-order valence-electron chi connectivity index (χ3n) is 3.40. The van der Waals surface area contributed by atoms with Crippen molar-refractivity contribution >= 4 is 11.9 Å². The molecule has 102 valence electrons. The molecular formula is C13H13F2NO3. The number of nitrogens with zero attached hydrogens (tertiary/aromatic N) is 1. The lowest BCUT2D eigenvalue weighted by molar-refractivity contribution is -0.142. The fraction of sp³-hybridized carbons (Fsp3) is 0.385. The van der Waals surface area contributed by atoms with E-state index < -0.39 is 35.1 Å². The number of hydrogen-bond donors (Lipinski definition) is 1. The molecule has 1 saturated heterocycles. The monoisotopic (exact) mass is 269 g/mol. The average molecular weight is 269 g/mol. The predicted molar refractivity (Wildman–Crippen MR) is 62.6 cm³/mol. The highest BCUT2D eigenvalue weighted by molar-refractivity contribution is 5.97. The third kappa shape index (κ3) is 2.30. The Balaban J connectivity index is 2.34. The molecule has 1 fully saturated rings. The smallest absolute Gasteiger partial charge is 0.326 e. The van der Waals surface area contributed by atoms with Crippen LogP contribution in [0.5, 0.6) is 0 Å². The van der Waals surface area contributed by atoms with Crippen molar-refractivity contribution in [3.05, 3.63) is 35.4 Å². The van der Waals surface area contributed by atoms with Crippen LogP contribution in [0.4, 0.5) is 8.78 Å². The molecule has 1 amide bonds. The van der Waals surface area contributed by atoms with Crippen LogP contribution >= 0.6 is 0 Å². The SMILES string of the molecule is CC1CCN(C(=O)c2cccc(F)c2F)C1C(=O)O. The van der Waals surface area contributed by atoms with Crippen LogP contribution in [0.1, 0.15) is 23.7 Å². The Morgan fingerprint density at radius 3 is 2.68 bits per heavy atom. The molecule has 0 radical (unpaired) electrons. The highest BCUT2D eigenvalue weighted by atomic mass is 19.2. The first-order chi connectivity index (χ1) is 8.93. The molecule has 6 heteroatoms. The van der Waals surface area contributed by atoms with E-state index in [2.05, 4.69) is 0 Å². The Hall–Kier alpha value is -1.98. The van der Waals surface area contributed by atoms with Gasteiger partial charge in [0.15, 0.2) is 11.6 Å². The summed E-state index contributed by atoms with van der Waals surface area (Å²) in [5, 5.41) is 9.11. The summed E-state index contributed by atoms with van der Waals surface area (Å²) in [6, 6.07) is 2.30. The maximum atomic E-state index is 13.6. The summed E-state index contributed by atoms with van der Waals surface area (Å²) >= 11 is 0. The van der Waals surface area contributed by atoms with Crippen molar-refractivity contribution in [2.75, 3.05) is 6.54 Å². The number of rotatable bonds is 2. The predicted octanol–water partition coefficient (Wildman–Crippen LogP) is 1.90. The zero-order valence-corrected chi connectivity index (χ0v) is 10.3. The minimum atomic E-state index is -1.24. The van der Waals surface area contributed by atoms with Crippen molar-refractivity contribution in [1.29, 1.82) is 0 Å². The number of carbonyl (C=O) groups excluding carboxylic acids is 1. The molecule has 0 saturated carbocycles. The quantitative estimate of drug-likeness (QED) is 0.892. The first kappa shape index (κ1) is 13.5. The Bertz CT molecular complexity index is 533. The van der Waals surface area contributed by atoms with Crippen molar-refractivity contribution in [3.63, 3.8) is 0 Å². The number of carboxylic acids is 1. The zero-order chi connectivity index (χ0) is 14.2. The van der Waals surface area contributed by atoms with E-state index in [9.17, 15) is 18.4 Å². The van der Waals surface area contributed by atoms with Gasteiger partial charge in [-0.05, 0) is 24.5 Å². The molecule has 1 aromatic carbocycles. The maximum absolute atomic E-state index is 13.6. The molecule has 2 unspecified atom stereocenters. The summed E-state index contributed by atoms with van der Waals surface area (Å²) < 4.78 is 26.7. The summed E-state index contributed by atoms with van der Waals surface area (Å²) in [6.45, 7) is 1.95. The van der Waals surface area contributed by atoms with Crippen molar-refractivity contribution in [2.24, 2.45) is 5.92 Å². The lowest BCUT2D eigenvalue weighted by Gasteiger charge is -2.23. The number of carbonyl (C=O) groups is 2. The Kier molecular flexibility index (Phi) is 3.50. The van der Waals surface area contributed by atoms with Crippen molar-refractivity contribution in [3.8, 4) is 0 Å². The molecule has 4 nitrogen and oxygen atoms in total. The number of hydrogen-bond acceptors (Lipinski definition) is 2. The minimum Gasteiger partial charge on any atom is -0.480 e. The number of carboxylic acid groups (broad SMARTS) is 1. The summed E-state index contributed by atoms with van der Waals surface area (Å²) in [7, 11) is 0. The van der Waals surface area contributed by atoms with Crippen LogP contribution < -0.4 is 0 Å². The van der Waals surface area contributed by atoms with Gasteiger partial charge in [-0.1, -0.05) is 13.0 Å². The molecule has 1 aliphatic heterocycles. The van der Waals surface area contributed by atoms with E-state index in [1.165, 1.54) is 6.07 Å². The molecule has 2 rings (SSSR count). The molecule has 1 aromatic rings. The van der Waals surface area contributed by atoms with Gasteiger partial charge in [-0.3, -0.25) is 4.79 Å². The van der Waals surface area contributed by atoms with Gasteiger partial charge in [-0.2, -0.15) is 0 Å². The average Bonchev–Trinajstić information content (AvgIpc) is 2.74. The number of halogens is 2. The Labute approximate surface area is 108 Å². The van der Waals surface area contributed by atoms with Gasteiger partial charge in [0.05, 0.1) is 5.56 Å². The molecule has 0 aliphatic carbocycles. The van der Waals surface area contributed by atoms with E-state index in [4.69, 9.17) is 5.11 Å². The second-order valence-electron chi connectivity index (χ2n) is 4.65. The van der Waals surface area contributed by atoms with E-state index in [0.29, 0.717) is 6.42 Å². The summed E-state index contributed by atoms with van der Waals surface area (Å²) in [4.78, 5) is 24.4. The standard InChI is InChI=1S/C13H13F2NO3/c1-7-5-6-16(11(7)13(18)19)12(17)8-3-2-4-9(14)10(8)15/h2-4,7,11H,5-6H2,1H3,(H,18,19). The summed E-state index contributed by atoms with van der Waals surface area (Å²) in [6.07, 6.45) is 0.527. The van der Waals surface area contributed by atoms with E-state index in [0.717, 1.165) is 17.0 Å². The molecule has 19 heavy (non-hydrogen) atoms. The van der Waals surface area contributed by atoms with Crippen LogP contribution in [0.2, 0.25) is 0 Å². The van der Waals surface area contributed by atoms with Gasteiger partial charge in [-0.25, -0.2) is 13.6 Å². The highest BCUT2D eigenvalue weighted by Gasteiger charge is 2.40. The summed E-state index contributed by atoms with van der Waals surface area (Å²) in [5.74, 6) is -4.48. The van der Waals surface area contributed by atoms with Gasteiger partial charge in [0.1, 0.15) is 6.04 Å². The normalized spacial score (nSPS) is 22.6. The number of likely N-dealkylation sites (tertiary alicyclic amines) is 1.